The van der Waals surface area contributed by atoms with E-state index in [4.69, 9.17) is 9.97 Å². The lowest BCUT2D eigenvalue weighted by molar-refractivity contribution is 0.125. The largest absolute Gasteiger partial charge is 0.309 e. The summed E-state index contributed by atoms with van der Waals surface area (Å²) in [6, 6.07) is 54.3. The van der Waals surface area contributed by atoms with Crippen molar-refractivity contribution in [2.24, 2.45) is 5.41 Å². The van der Waals surface area contributed by atoms with Gasteiger partial charge in [-0.3, -0.25) is 0 Å². The van der Waals surface area contributed by atoms with Crippen molar-refractivity contribution in [3.8, 4) is 50.7 Å². The summed E-state index contributed by atoms with van der Waals surface area (Å²) in [6.07, 6.45) is 0. The third-order valence-electron chi connectivity index (χ3n) is 12.7. The van der Waals surface area contributed by atoms with Gasteiger partial charge in [-0.25, -0.2) is 9.97 Å². The number of rotatable bonds is 5. The fourth-order valence-corrected chi connectivity index (χ4v) is 8.53. The smallest absolute Gasteiger partial charge is 0.160 e. The first kappa shape index (κ1) is 32.1. The van der Waals surface area contributed by atoms with Crippen molar-refractivity contribution < 1.29 is 0 Å². The third-order valence-corrected chi connectivity index (χ3v) is 12.7. The highest BCUT2D eigenvalue weighted by atomic mass is 15.0. The highest BCUT2D eigenvalue weighted by Crippen LogP contribution is 2.62. The van der Waals surface area contributed by atoms with Gasteiger partial charge in [0, 0.05) is 33.2 Å². The second-order valence-corrected chi connectivity index (χ2v) is 16.0. The topological polar surface area (TPSA) is 30.7 Å². The first-order valence-electron chi connectivity index (χ1n) is 18.3. The molecule has 9 rings (SSSR count). The predicted octanol–water partition coefficient (Wildman–Crippen LogP) is 12.8. The second kappa shape index (κ2) is 11.6. The molecule has 1 aliphatic rings. The van der Waals surface area contributed by atoms with Crippen LogP contribution in [-0.4, -0.2) is 14.5 Å². The van der Waals surface area contributed by atoms with Crippen molar-refractivity contribution in [3.05, 3.63) is 163 Å². The Balaban J connectivity index is 1.18. The van der Waals surface area contributed by atoms with Crippen LogP contribution >= 0.6 is 0 Å². The summed E-state index contributed by atoms with van der Waals surface area (Å²) in [6.45, 7) is 14.6. The van der Waals surface area contributed by atoms with Gasteiger partial charge in [0.05, 0.1) is 22.4 Å². The Morgan fingerprint density at radius 1 is 0.404 bits per heavy atom. The van der Waals surface area contributed by atoms with Crippen LogP contribution in [0.4, 0.5) is 0 Å². The molecule has 0 fully saturated rings. The van der Waals surface area contributed by atoms with E-state index >= 15 is 0 Å². The molecule has 3 nitrogen and oxygen atoms in total. The van der Waals surface area contributed by atoms with E-state index in [0.717, 1.165) is 50.7 Å². The summed E-state index contributed by atoms with van der Waals surface area (Å²) in [7, 11) is 0. The number of para-hydroxylation sites is 1. The van der Waals surface area contributed by atoms with Gasteiger partial charge in [0.1, 0.15) is 0 Å². The van der Waals surface area contributed by atoms with Crippen LogP contribution in [0.15, 0.2) is 152 Å². The summed E-state index contributed by atoms with van der Waals surface area (Å²) in [5, 5.41) is 2.61. The van der Waals surface area contributed by atoms with Gasteiger partial charge in [0.25, 0.3) is 0 Å². The molecule has 0 atom stereocenters. The summed E-state index contributed by atoms with van der Waals surface area (Å²) >= 11 is 0. The average molecular weight is 674 g/mol. The van der Waals surface area contributed by atoms with E-state index in [2.05, 4.69) is 174 Å². The van der Waals surface area contributed by atoms with Gasteiger partial charge in [0.15, 0.2) is 5.82 Å². The maximum Gasteiger partial charge on any atom is 0.160 e. The van der Waals surface area contributed by atoms with Crippen LogP contribution in [0.3, 0.4) is 0 Å². The number of benzene rings is 6. The van der Waals surface area contributed by atoms with Crippen molar-refractivity contribution in [2.45, 2.75) is 52.4 Å². The van der Waals surface area contributed by atoms with E-state index in [9.17, 15) is 0 Å². The van der Waals surface area contributed by atoms with Gasteiger partial charge in [-0.1, -0.05) is 151 Å². The molecule has 2 aromatic heterocycles. The zero-order chi connectivity index (χ0) is 35.8. The first-order valence-corrected chi connectivity index (χ1v) is 18.3. The number of hydrogen-bond acceptors (Lipinski definition) is 2. The SMILES string of the molecule is CC1(C)c2cc3c4ccccc4n(-c4cccc(-c5cccc(-c6cc(-c7ccccc7)nc(-c7ccccc7)n6)c5)c4)c3cc2C(C)(C)C1(C)C. The fraction of sp³-hybridized carbons (Fsp3) is 0.184. The van der Waals surface area contributed by atoms with Gasteiger partial charge in [-0.2, -0.15) is 0 Å². The molecule has 0 aliphatic heterocycles. The Morgan fingerprint density at radius 2 is 0.942 bits per heavy atom. The maximum atomic E-state index is 5.11. The summed E-state index contributed by atoms with van der Waals surface area (Å²) in [5.41, 5.74) is 14.0. The molecule has 0 spiro atoms. The molecule has 0 N–H and O–H groups in total. The Labute approximate surface area is 306 Å². The van der Waals surface area contributed by atoms with Crippen LogP contribution < -0.4 is 0 Å². The van der Waals surface area contributed by atoms with Crippen LogP contribution in [0.25, 0.3) is 72.5 Å². The molecule has 0 bridgehead atoms. The minimum atomic E-state index is 0.0192. The van der Waals surface area contributed by atoms with Crippen LogP contribution in [0.1, 0.15) is 52.7 Å². The molecule has 3 heteroatoms. The van der Waals surface area contributed by atoms with Gasteiger partial charge in [0.2, 0.25) is 0 Å². The minimum absolute atomic E-state index is 0.0192. The van der Waals surface area contributed by atoms with E-state index in [1.807, 2.05) is 24.3 Å². The molecule has 6 aromatic carbocycles. The quantitative estimate of drug-likeness (QED) is 0.182. The lowest BCUT2D eigenvalue weighted by atomic mass is 9.59. The molecule has 0 saturated carbocycles. The van der Waals surface area contributed by atoms with Gasteiger partial charge >= 0.3 is 0 Å². The maximum absolute atomic E-state index is 5.11. The minimum Gasteiger partial charge on any atom is -0.309 e. The number of aromatic nitrogens is 3. The van der Waals surface area contributed by atoms with E-state index in [-0.39, 0.29) is 16.2 Å². The normalized spacial score (nSPS) is 15.6. The molecular formula is C49H43N3. The van der Waals surface area contributed by atoms with E-state index in [0.29, 0.717) is 0 Å². The standard InChI is InChI=1S/C49H43N3/c1-47(2)40-29-39-38-25-13-14-26-44(38)52(45(39)30-41(40)48(3,4)49(47,5)6)37-24-16-22-35(28-37)34-21-15-23-36(27-34)43-31-42(32-17-9-7-10-18-32)50-46(51-43)33-19-11-8-12-20-33/h7-31H,1-6H3. The highest BCUT2D eigenvalue weighted by molar-refractivity contribution is 6.10. The lowest BCUT2D eigenvalue weighted by Gasteiger charge is -2.44. The van der Waals surface area contributed by atoms with Crippen LogP contribution in [0, 0.1) is 5.41 Å². The van der Waals surface area contributed by atoms with Crippen molar-refractivity contribution in [2.75, 3.05) is 0 Å². The van der Waals surface area contributed by atoms with Crippen molar-refractivity contribution in [1.82, 2.24) is 14.5 Å². The molecule has 52 heavy (non-hydrogen) atoms. The average Bonchev–Trinajstić information content (AvgIpc) is 3.55. The van der Waals surface area contributed by atoms with Crippen LogP contribution in [0.2, 0.25) is 0 Å². The molecule has 0 saturated heterocycles. The number of nitrogens with zero attached hydrogens (tertiary/aromatic N) is 3. The van der Waals surface area contributed by atoms with Gasteiger partial charge < -0.3 is 4.57 Å². The molecule has 1 aliphatic carbocycles. The molecule has 8 aromatic rings. The van der Waals surface area contributed by atoms with Crippen LogP contribution in [-0.2, 0) is 10.8 Å². The Hall–Kier alpha value is -5.80. The number of fused-ring (bicyclic) bond motifs is 4. The molecular weight excluding hydrogens is 631 g/mol. The Bertz CT molecular complexity index is 2580. The Kier molecular flexibility index (Phi) is 7.18. The van der Waals surface area contributed by atoms with Crippen molar-refractivity contribution in [3.63, 3.8) is 0 Å². The monoisotopic (exact) mass is 673 g/mol. The van der Waals surface area contributed by atoms with Crippen LogP contribution in [0.5, 0.6) is 0 Å². The molecule has 0 radical (unpaired) electrons. The summed E-state index contributed by atoms with van der Waals surface area (Å²) in [5.74, 6) is 0.720. The zero-order valence-electron chi connectivity index (χ0n) is 30.8. The van der Waals surface area contributed by atoms with Gasteiger partial charge in [-0.15, -0.1) is 0 Å². The second-order valence-electron chi connectivity index (χ2n) is 16.0. The van der Waals surface area contributed by atoms with E-state index in [1.54, 1.807) is 0 Å². The van der Waals surface area contributed by atoms with Gasteiger partial charge in [-0.05, 0) is 81.0 Å². The number of hydrogen-bond donors (Lipinski definition) is 0. The highest BCUT2D eigenvalue weighted by Gasteiger charge is 2.57. The lowest BCUT2D eigenvalue weighted by Crippen LogP contribution is -2.42. The van der Waals surface area contributed by atoms with E-state index < -0.39 is 0 Å². The Morgan fingerprint density at radius 3 is 1.65 bits per heavy atom. The van der Waals surface area contributed by atoms with Crippen molar-refractivity contribution in [1.29, 1.82) is 0 Å². The molecule has 0 amide bonds. The predicted molar refractivity (Wildman–Crippen MR) is 218 cm³/mol. The summed E-state index contributed by atoms with van der Waals surface area (Å²) < 4.78 is 2.47. The fourth-order valence-electron chi connectivity index (χ4n) is 8.53. The molecule has 2 heterocycles. The van der Waals surface area contributed by atoms with Crippen molar-refractivity contribution >= 4 is 21.8 Å². The molecule has 254 valence electrons. The zero-order valence-corrected chi connectivity index (χ0v) is 30.8. The third kappa shape index (κ3) is 4.79. The molecule has 0 unspecified atom stereocenters. The van der Waals surface area contributed by atoms with E-state index in [1.165, 1.54) is 32.9 Å². The summed E-state index contributed by atoms with van der Waals surface area (Å²) in [4.78, 5) is 10.1. The first-order chi connectivity index (χ1) is 25.0.